The summed E-state index contributed by atoms with van der Waals surface area (Å²) in [6.45, 7) is 4.76. The zero-order chi connectivity index (χ0) is 18.7. The Morgan fingerprint density at radius 3 is 2.77 bits per heavy atom. The van der Waals surface area contributed by atoms with Crippen LogP contribution in [0.4, 0.5) is 0 Å². The van der Waals surface area contributed by atoms with Crippen LogP contribution in [-0.2, 0) is 11.3 Å². The maximum Gasteiger partial charge on any atom is 0.260 e. The predicted octanol–water partition coefficient (Wildman–Crippen LogP) is 4.24. The number of hydrogen-bond acceptors (Lipinski definition) is 3. The monoisotopic (exact) mass is 391 g/mol. The molecule has 0 saturated heterocycles. The van der Waals surface area contributed by atoms with Gasteiger partial charge in [0.15, 0.2) is 6.10 Å². The summed E-state index contributed by atoms with van der Waals surface area (Å²) < 4.78 is 7.70. The molecule has 0 radical (unpaired) electrons. The largest absolute Gasteiger partial charge is 0.481 e. The first-order chi connectivity index (χ1) is 12.5. The van der Waals surface area contributed by atoms with Crippen molar-refractivity contribution in [3.63, 3.8) is 0 Å². The number of imidazole rings is 1. The Morgan fingerprint density at radius 2 is 2.00 bits per heavy atom. The lowest BCUT2D eigenvalue weighted by Crippen LogP contribution is -2.38. The number of nitrogens with zero attached hydrogens (tertiary/aromatic N) is 2. The molecule has 1 aromatic heterocycles. The number of fused-ring (bicyclic) bond motifs is 1. The second kappa shape index (κ2) is 7.98. The van der Waals surface area contributed by atoms with Gasteiger partial charge < -0.3 is 14.6 Å². The highest BCUT2D eigenvalue weighted by molar-refractivity contribution is 6.42. The molecule has 136 valence electrons. The lowest BCUT2D eigenvalue weighted by molar-refractivity contribution is -0.127. The van der Waals surface area contributed by atoms with Gasteiger partial charge in [-0.05, 0) is 38.1 Å². The highest BCUT2D eigenvalue weighted by atomic mass is 35.5. The van der Waals surface area contributed by atoms with Crippen molar-refractivity contribution >= 4 is 40.1 Å². The van der Waals surface area contributed by atoms with Crippen molar-refractivity contribution in [1.82, 2.24) is 14.9 Å². The summed E-state index contributed by atoms with van der Waals surface area (Å²) in [6.07, 6.45) is -0.645. The summed E-state index contributed by atoms with van der Waals surface area (Å²) in [7, 11) is 0. The number of carbonyl (C=O) groups excluding carboxylic acids is 1. The van der Waals surface area contributed by atoms with Crippen LogP contribution in [0, 0.1) is 6.92 Å². The van der Waals surface area contributed by atoms with E-state index in [2.05, 4.69) is 14.9 Å². The van der Waals surface area contributed by atoms with Crippen LogP contribution in [0.3, 0.4) is 0 Å². The topological polar surface area (TPSA) is 56.2 Å². The van der Waals surface area contributed by atoms with Gasteiger partial charge in [-0.25, -0.2) is 4.98 Å². The molecular weight excluding hydrogens is 373 g/mol. The van der Waals surface area contributed by atoms with Crippen molar-refractivity contribution in [3.8, 4) is 5.75 Å². The van der Waals surface area contributed by atoms with Crippen molar-refractivity contribution in [2.45, 2.75) is 26.5 Å². The van der Waals surface area contributed by atoms with Gasteiger partial charge in [-0.15, -0.1) is 0 Å². The third kappa shape index (κ3) is 4.11. The van der Waals surface area contributed by atoms with Gasteiger partial charge >= 0.3 is 0 Å². The molecule has 0 fully saturated rings. The van der Waals surface area contributed by atoms with E-state index in [-0.39, 0.29) is 5.91 Å². The standard InChI is InChI=1S/C19H19Cl2N3O2/c1-12(26-14-7-8-15(20)16(21)11-14)19(25)22-9-10-24-13(2)23-17-5-3-4-6-18(17)24/h3-8,11-12H,9-10H2,1-2H3,(H,22,25). The first kappa shape index (κ1) is 18.5. The normalized spacial score (nSPS) is 12.2. The number of nitrogens with one attached hydrogen (secondary N) is 1. The molecule has 1 N–H and O–H groups in total. The van der Waals surface area contributed by atoms with Gasteiger partial charge in [0, 0.05) is 19.2 Å². The van der Waals surface area contributed by atoms with Gasteiger partial charge in [0.05, 0.1) is 21.1 Å². The third-order valence-electron chi connectivity index (χ3n) is 4.05. The number of aryl methyl sites for hydroxylation is 1. The van der Waals surface area contributed by atoms with Crippen LogP contribution in [0.1, 0.15) is 12.7 Å². The van der Waals surface area contributed by atoms with E-state index in [0.29, 0.717) is 28.9 Å². The Kier molecular flexibility index (Phi) is 5.69. The lowest BCUT2D eigenvalue weighted by atomic mass is 10.3. The molecule has 5 nitrogen and oxygen atoms in total. The molecule has 1 heterocycles. The number of benzene rings is 2. The zero-order valence-electron chi connectivity index (χ0n) is 14.5. The average Bonchev–Trinajstić information content (AvgIpc) is 2.93. The summed E-state index contributed by atoms with van der Waals surface area (Å²) in [5, 5.41) is 3.72. The van der Waals surface area contributed by atoms with Crippen molar-refractivity contribution in [2.24, 2.45) is 0 Å². The Morgan fingerprint density at radius 1 is 1.23 bits per heavy atom. The Hall–Kier alpha value is -2.24. The number of halogens is 2. The van der Waals surface area contributed by atoms with Crippen LogP contribution in [0.2, 0.25) is 10.0 Å². The van der Waals surface area contributed by atoms with Gasteiger partial charge in [0.25, 0.3) is 5.91 Å². The minimum atomic E-state index is -0.645. The van der Waals surface area contributed by atoms with E-state index in [1.165, 1.54) is 0 Å². The van der Waals surface area contributed by atoms with E-state index >= 15 is 0 Å². The van der Waals surface area contributed by atoms with Crippen LogP contribution < -0.4 is 10.1 Å². The van der Waals surface area contributed by atoms with Crippen LogP contribution in [0.15, 0.2) is 42.5 Å². The molecule has 0 aliphatic heterocycles. The fourth-order valence-electron chi connectivity index (χ4n) is 2.72. The number of para-hydroxylation sites is 2. The van der Waals surface area contributed by atoms with Crippen molar-refractivity contribution in [1.29, 1.82) is 0 Å². The molecule has 1 amide bonds. The molecule has 0 bridgehead atoms. The van der Waals surface area contributed by atoms with Gasteiger partial charge in [0.1, 0.15) is 11.6 Å². The van der Waals surface area contributed by atoms with Crippen LogP contribution in [0.5, 0.6) is 5.75 Å². The molecule has 2 aromatic carbocycles. The summed E-state index contributed by atoms with van der Waals surface area (Å²) in [5.74, 6) is 1.22. The molecule has 0 aliphatic carbocycles. The minimum Gasteiger partial charge on any atom is -0.481 e. The van der Waals surface area contributed by atoms with E-state index in [1.54, 1.807) is 25.1 Å². The number of aromatic nitrogens is 2. The quantitative estimate of drug-likeness (QED) is 0.683. The SMILES string of the molecule is Cc1nc2ccccc2n1CCNC(=O)C(C)Oc1ccc(Cl)c(Cl)c1. The second-order valence-corrected chi connectivity index (χ2v) is 6.74. The van der Waals surface area contributed by atoms with Crippen LogP contribution >= 0.6 is 23.2 Å². The van der Waals surface area contributed by atoms with Gasteiger partial charge in [-0.2, -0.15) is 0 Å². The molecule has 3 aromatic rings. The zero-order valence-corrected chi connectivity index (χ0v) is 16.0. The first-order valence-electron chi connectivity index (χ1n) is 8.27. The smallest absolute Gasteiger partial charge is 0.260 e. The summed E-state index contributed by atoms with van der Waals surface area (Å²) in [6, 6.07) is 12.8. The average molecular weight is 392 g/mol. The maximum absolute atomic E-state index is 12.3. The maximum atomic E-state index is 12.3. The molecule has 0 aliphatic rings. The fraction of sp³-hybridized carbons (Fsp3) is 0.263. The third-order valence-corrected chi connectivity index (χ3v) is 4.79. The number of carbonyl (C=O) groups is 1. The first-order valence-corrected chi connectivity index (χ1v) is 9.02. The van der Waals surface area contributed by atoms with Gasteiger partial charge in [-0.1, -0.05) is 35.3 Å². The molecule has 3 rings (SSSR count). The summed E-state index contributed by atoms with van der Waals surface area (Å²) in [4.78, 5) is 16.8. The molecule has 0 spiro atoms. The van der Waals surface area contributed by atoms with Crippen molar-refractivity contribution < 1.29 is 9.53 Å². The molecule has 26 heavy (non-hydrogen) atoms. The number of ether oxygens (including phenoxy) is 1. The second-order valence-electron chi connectivity index (χ2n) is 5.93. The summed E-state index contributed by atoms with van der Waals surface area (Å²) >= 11 is 11.8. The highest BCUT2D eigenvalue weighted by Gasteiger charge is 2.15. The van der Waals surface area contributed by atoms with Crippen molar-refractivity contribution in [2.75, 3.05) is 6.54 Å². The Labute approximate surface area is 161 Å². The molecule has 1 unspecified atom stereocenters. The molecule has 7 heteroatoms. The van der Waals surface area contributed by atoms with E-state index in [4.69, 9.17) is 27.9 Å². The minimum absolute atomic E-state index is 0.196. The van der Waals surface area contributed by atoms with E-state index < -0.39 is 6.10 Å². The molecular formula is C19H19Cl2N3O2. The van der Waals surface area contributed by atoms with Crippen molar-refractivity contribution in [3.05, 3.63) is 58.3 Å². The van der Waals surface area contributed by atoms with E-state index in [1.807, 2.05) is 31.2 Å². The van der Waals surface area contributed by atoms with E-state index in [0.717, 1.165) is 16.9 Å². The Bertz CT molecular complexity index is 940. The van der Waals surface area contributed by atoms with Crippen LogP contribution in [-0.4, -0.2) is 28.1 Å². The number of amides is 1. The highest BCUT2D eigenvalue weighted by Crippen LogP contribution is 2.26. The molecule has 0 saturated carbocycles. The van der Waals surface area contributed by atoms with Gasteiger partial charge in [0.2, 0.25) is 0 Å². The van der Waals surface area contributed by atoms with E-state index in [9.17, 15) is 4.79 Å². The Balaban J connectivity index is 1.56. The number of rotatable bonds is 6. The van der Waals surface area contributed by atoms with Gasteiger partial charge in [-0.3, -0.25) is 4.79 Å². The predicted molar refractivity (Wildman–Crippen MR) is 104 cm³/mol. The number of hydrogen-bond donors (Lipinski definition) is 1. The fourth-order valence-corrected chi connectivity index (χ4v) is 3.01. The summed E-state index contributed by atoms with van der Waals surface area (Å²) in [5.41, 5.74) is 2.01. The van der Waals surface area contributed by atoms with Crippen LogP contribution in [0.25, 0.3) is 11.0 Å². The lowest BCUT2D eigenvalue weighted by Gasteiger charge is -2.15. The molecule has 1 atom stereocenters.